The number of nitrogens with zero attached hydrogens (tertiary/aromatic N) is 3. The average molecular weight is 641 g/mol. The van der Waals surface area contributed by atoms with Crippen LogP contribution in [0.1, 0.15) is 45.7 Å². The topological polar surface area (TPSA) is 268 Å². The third kappa shape index (κ3) is 12.1. The van der Waals surface area contributed by atoms with Gasteiger partial charge in [0, 0.05) is 31.8 Å². The average Bonchev–Trinajstić information content (AvgIpc) is 3.70. The van der Waals surface area contributed by atoms with Crippen LogP contribution in [0.25, 0.3) is 0 Å². The number of likely N-dealkylation sites (tertiary alicyclic amines) is 1. The standard InChI is InChI=1S/C27H44N8O10/c1-15(2)7-18(33-27(44)21-5-4-6-35(21)16(3)38)25(42)32-19(8-17-9-28-13-29-17)26(43)34-20(11-36)24(41)30-14-45-31-10-22(39)23(40)12-37/h9-10,13,15,18-23,36-37,39-40H,4-8,11-12,14H2,1-3H3,(H,28,29)(H,30,41)(H,32,42)(H,33,44)(H,34,43)/b31-10+/t18-,19-,20-,21?,22?,23?/m0/s1. The molecule has 3 unspecified atom stereocenters. The number of aliphatic hydroxyl groups is 4. The van der Waals surface area contributed by atoms with Gasteiger partial charge in [0.1, 0.15) is 36.4 Å². The highest BCUT2D eigenvalue weighted by atomic mass is 16.6. The van der Waals surface area contributed by atoms with E-state index in [1.165, 1.54) is 24.3 Å². The van der Waals surface area contributed by atoms with Gasteiger partial charge in [-0.25, -0.2) is 4.98 Å². The molecule has 1 saturated heterocycles. The quantitative estimate of drug-likeness (QED) is 0.0325. The highest BCUT2D eigenvalue weighted by molar-refractivity contribution is 5.95. The summed E-state index contributed by atoms with van der Waals surface area (Å²) >= 11 is 0. The number of carbonyl (C=O) groups is 5. The fourth-order valence-corrected chi connectivity index (χ4v) is 4.53. The lowest BCUT2D eigenvalue weighted by Gasteiger charge is -2.28. The number of aromatic nitrogens is 2. The van der Waals surface area contributed by atoms with Gasteiger partial charge in [0.05, 0.1) is 25.8 Å². The van der Waals surface area contributed by atoms with E-state index >= 15 is 0 Å². The molecule has 1 aromatic heterocycles. The van der Waals surface area contributed by atoms with Crippen LogP contribution in [0, 0.1) is 5.92 Å². The third-order valence-corrected chi connectivity index (χ3v) is 6.91. The second kappa shape index (κ2) is 18.6. The van der Waals surface area contributed by atoms with Gasteiger partial charge in [-0.15, -0.1) is 0 Å². The molecule has 252 valence electrons. The van der Waals surface area contributed by atoms with Crippen LogP contribution in [0.2, 0.25) is 0 Å². The van der Waals surface area contributed by atoms with Crippen molar-refractivity contribution < 1.29 is 49.2 Å². The zero-order valence-electron chi connectivity index (χ0n) is 25.5. The lowest BCUT2D eigenvalue weighted by atomic mass is 10.0. The zero-order chi connectivity index (χ0) is 33.5. The van der Waals surface area contributed by atoms with Gasteiger partial charge in [-0.3, -0.25) is 24.0 Å². The SMILES string of the molecule is CC(=O)N1CCCC1C(=O)N[C@@H](CC(C)C)C(=O)N[C@@H](Cc1cnc[nH]1)C(=O)N[C@@H](CO)C(=O)NCO/N=C/C(O)C(O)CO. The van der Waals surface area contributed by atoms with Gasteiger partial charge in [0.15, 0.2) is 6.73 Å². The molecule has 45 heavy (non-hydrogen) atoms. The van der Waals surface area contributed by atoms with Gasteiger partial charge in [0.25, 0.3) is 0 Å². The Bertz CT molecular complexity index is 1150. The van der Waals surface area contributed by atoms with E-state index in [0.29, 0.717) is 25.1 Å². The Labute approximate surface area is 260 Å². The minimum atomic E-state index is -1.51. The van der Waals surface area contributed by atoms with Crippen LogP contribution in [-0.2, 0) is 35.2 Å². The van der Waals surface area contributed by atoms with E-state index in [1.807, 2.05) is 13.8 Å². The van der Waals surface area contributed by atoms with Crippen molar-refractivity contribution in [2.75, 3.05) is 26.5 Å². The third-order valence-electron chi connectivity index (χ3n) is 6.91. The number of hydrogen-bond acceptors (Lipinski definition) is 12. The zero-order valence-corrected chi connectivity index (χ0v) is 25.5. The first kappa shape index (κ1) is 37.1. The molecule has 0 spiro atoms. The van der Waals surface area contributed by atoms with E-state index in [9.17, 15) is 39.3 Å². The van der Waals surface area contributed by atoms with Crippen molar-refractivity contribution in [2.24, 2.45) is 11.1 Å². The molecule has 1 fully saturated rings. The van der Waals surface area contributed by atoms with Crippen molar-refractivity contribution in [1.29, 1.82) is 0 Å². The van der Waals surface area contributed by atoms with Crippen molar-refractivity contribution in [3.05, 3.63) is 18.2 Å². The molecule has 2 rings (SSSR count). The van der Waals surface area contributed by atoms with Gasteiger partial charge in [-0.05, 0) is 25.2 Å². The predicted molar refractivity (Wildman–Crippen MR) is 157 cm³/mol. The molecule has 0 aliphatic carbocycles. The number of nitrogens with one attached hydrogen (secondary N) is 5. The van der Waals surface area contributed by atoms with Gasteiger partial charge < -0.3 is 56.4 Å². The van der Waals surface area contributed by atoms with Gasteiger partial charge >= 0.3 is 0 Å². The molecule has 1 aliphatic heterocycles. The summed E-state index contributed by atoms with van der Waals surface area (Å²) in [6.45, 7) is 3.48. The summed E-state index contributed by atoms with van der Waals surface area (Å²) in [6, 6.07) is -4.45. The molecule has 1 aliphatic rings. The lowest BCUT2D eigenvalue weighted by molar-refractivity contribution is -0.138. The van der Waals surface area contributed by atoms with Crippen molar-refractivity contribution in [1.82, 2.24) is 36.1 Å². The van der Waals surface area contributed by atoms with Crippen LogP contribution in [-0.4, -0.2) is 134 Å². The van der Waals surface area contributed by atoms with E-state index in [1.54, 1.807) is 0 Å². The first-order valence-corrected chi connectivity index (χ1v) is 14.5. The van der Waals surface area contributed by atoms with E-state index in [0.717, 1.165) is 6.21 Å². The Morgan fingerprint density at radius 1 is 1.07 bits per heavy atom. The van der Waals surface area contributed by atoms with Gasteiger partial charge in [0.2, 0.25) is 29.5 Å². The molecule has 18 heteroatoms. The van der Waals surface area contributed by atoms with Crippen LogP contribution < -0.4 is 21.3 Å². The Hall–Kier alpha value is -4.13. The van der Waals surface area contributed by atoms with Crippen LogP contribution >= 0.6 is 0 Å². The monoisotopic (exact) mass is 640 g/mol. The summed E-state index contributed by atoms with van der Waals surface area (Å²) in [5.41, 5.74) is 0.479. The van der Waals surface area contributed by atoms with Crippen LogP contribution in [0.5, 0.6) is 0 Å². The highest BCUT2D eigenvalue weighted by Gasteiger charge is 2.36. The minimum absolute atomic E-state index is 0.0227. The van der Waals surface area contributed by atoms with E-state index < -0.39 is 79.9 Å². The van der Waals surface area contributed by atoms with Crippen molar-refractivity contribution >= 4 is 35.8 Å². The molecule has 9 N–H and O–H groups in total. The summed E-state index contributed by atoms with van der Waals surface area (Å²) in [6.07, 6.45) is 1.92. The number of carbonyl (C=O) groups excluding carboxylic acids is 5. The Kier molecular flexibility index (Phi) is 15.3. The molecule has 5 amide bonds. The van der Waals surface area contributed by atoms with Crippen molar-refractivity contribution in [2.45, 2.75) is 82.8 Å². The number of oxime groups is 1. The molecule has 0 radical (unpaired) electrons. The van der Waals surface area contributed by atoms with E-state index in [4.69, 9.17) is 9.94 Å². The summed E-state index contributed by atoms with van der Waals surface area (Å²) in [5.74, 6) is -3.08. The molecule has 0 aromatic carbocycles. The second-order valence-electron chi connectivity index (χ2n) is 11.0. The molecule has 0 saturated carbocycles. The number of aliphatic hydroxyl groups excluding tert-OH is 4. The Morgan fingerprint density at radius 2 is 1.76 bits per heavy atom. The predicted octanol–water partition coefficient (Wildman–Crippen LogP) is -3.75. The fraction of sp³-hybridized carbons (Fsp3) is 0.667. The first-order chi connectivity index (χ1) is 21.4. The Morgan fingerprint density at radius 3 is 2.36 bits per heavy atom. The fourth-order valence-electron chi connectivity index (χ4n) is 4.53. The van der Waals surface area contributed by atoms with Crippen LogP contribution in [0.3, 0.4) is 0 Å². The second-order valence-corrected chi connectivity index (χ2v) is 11.0. The number of hydrogen-bond donors (Lipinski definition) is 9. The highest BCUT2D eigenvalue weighted by Crippen LogP contribution is 2.18. The number of amides is 5. The molecule has 0 bridgehead atoms. The summed E-state index contributed by atoms with van der Waals surface area (Å²) in [4.78, 5) is 77.3. The molecule has 6 atom stereocenters. The largest absolute Gasteiger partial charge is 0.394 e. The van der Waals surface area contributed by atoms with Crippen LogP contribution in [0.4, 0.5) is 0 Å². The maximum Gasteiger partial charge on any atom is 0.247 e. The van der Waals surface area contributed by atoms with E-state index in [2.05, 4.69) is 36.4 Å². The van der Waals surface area contributed by atoms with Crippen molar-refractivity contribution in [3.8, 4) is 0 Å². The number of imidazole rings is 1. The maximum absolute atomic E-state index is 13.5. The Balaban J connectivity index is 2.09. The normalized spacial score (nSPS) is 18.1. The van der Waals surface area contributed by atoms with Gasteiger partial charge in [-0.2, -0.15) is 0 Å². The lowest BCUT2D eigenvalue weighted by Crippen LogP contribution is -2.59. The number of H-pyrrole nitrogens is 1. The summed E-state index contributed by atoms with van der Waals surface area (Å²) < 4.78 is 0. The van der Waals surface area contributed by atoms with Crippen LogP contribution in [0.15, 0.2) is 17.7 Å². The molecule has 1 aromatic rings. The summed E-state index contributed by atoms with van der Waals surface area (Å²) in [5, 5.41) is 50.6. The maximum atomic E-state index is 13.5. The smallest absolute Gasteiger partial charge is 0.247 e. The van der Waals surface area contributed by atoms with E-state index in [-0.39, 0.29) is 24.7 Å². The molecular weight excluding hydrogens is 596 g/mol. The minimum Gasteiger partial charge on any atom is -0.394 e. The van der Waals surface area contributed by atoms with Crippen molar-refractivity contribution in [3.63, 3.8) is 0 Å². The summed E-state index contributed by atoms with van der Waals surface area (Å²) in [7, 11) is 0. The molecule has 18 nitrogen and oxygen atoms in total. The first-order valence-electron chi connectivity index (χ1n) is 14.5. The number of rotatable bonds is 18. The molecule has 2 heterocycles. The number of aromatic amines is 1. The van der Waals surface area contributed by atoms with Gasteiger partial charge in [-0.1, -0.05) is 19.0 Å². The molecular formula is C27H44N8O10.